The van der Waals surface area contributed by atoms with E-state index in [0.717, 1.165) is 19.4 Å². The first kappa shape index (κ1) is 11.2. The van der Waals surface area contributed by atoms with Crippen LogP contribution >= 0.6 is 0 Å². The lowest BCUT2D eigenvalue weighted by molar-refractivity contribution is -0.118. The van der Waals surface area contributed by atoms with Gasteiger partial charge in [-0.2, -0.15) is 0 Å². The number of carbonyl (C=O) groups is 1. The van der Waals surface area contributed by atoms with Crippen LogP contribution in [-0.4, -0.2) is 12.5 Å². The molecule has 0 aliphatic carbocycles. The molecule has 0 aromatic heterocycles. The monoisotopic (exact) mass is 169 g/mol. The summed E-state index contributed by atoms with van der Waals surface area (Å²) in [6.45, 7) is 8.38. The SMILES string of the molecule is C=C(CCCC)CCNC(C)=O. The van der Waals surface area contributed by atoms with Gasteiger partial charge in [0.05, 0.1) is 0 Å². The number of hydrogen-bond donors (Lipinski definition) is 1. The van der Waals surface area contributed by atoms with Crippen molar-refractivity contribution < 1.29 is 4.79 Å². The van der Waals surface area contributed by atoms with E-state index in [1.54, 1.807) is 0 Å². The summed E-state index contributed by atoms with van der Waals surface area (Å²) in [5.74, 6) is 0.0401. The second-order valence-corrected chi connectivity index (χ2v) is 3.09. The molecule has 0 fully saturated rings. The Hall–Kier alpha value is -0.790. The van der Waals surface area contributed by atoms with E-state index in [-0.39, 0.29) is 5.91 Å². The van der Waals surface area contributed by atoms with Gasteiger partial charge in [0.1, 0.15) is 0 Å². The number of amides is 1. The van der Waals surface area contributed by atoms with Crippen LogP contribution in [0.3, 0.4) is 0 Å². The van der Waals surface area contributed by atoms with E-state index in [1.165, 1.54) is 25.3 Å². The van der Waals surface area contributed by atoms with Gasteiger partial charge in [-0.1, -0.05) is 25.5 Å². The van der Waals surface area contributed by atoms with Crippen LogP contribution in [0.15, 0.2) is 12.2 Å². The third-order valence-electron chi connectivity index (χ3n) is 1.74. The molecule has 0 saturated heterocycles. The average molecular weight is 169 g/mol. The molecule has 12 heavy (non-hydrogen) atoms. The van der Waals surface area contributed by atoms with Crippen LogP contribution in [-0.2, 0) is 4.79 Å². The molecule has 2 nitrogen and oxygen atoms in total. The van der Waals surface area contributed by atoms with Gasteiger partial charge in [0.2, 0.25) is 5.91 Å². The standard InChI is InChI=1S/C10H19NO/c1-4-5-6-9(2)7-8-11-10(3)12/h2,4-8H2,1,3H3,(H,11,12). The second kappa shape index (κ2) is 6.89. The number of nitrogens with one attached hydrogen (secondary N) is 1. The Balaban J connectivity index is 3.25. The molecule has 0 radical (unpaired) electrons. The largest absolute Gasteiger partial charge is 0.356 e. The summed E-state index contributed by atoms with van der Waals surface area (Å²) in [4.78, 5) is 10.5. The van der Waals surface area contributed by atoms with Crippen LogP contribution in [0.2, 0.25) is 0 Å². The zero-order chi connectivity index (χ0) is 9.40. The highest BCUT2D eigenvalue weighted by atomic mass is 16.1. The smallest absolute Gasteiger partial charge is 0.216 e. The molecule has 2 heteroatoms. The fourth-order valence-electron chi connectivity index (χ4n) is 0.967. The molecule has 0 atom stereocenters. The van der Waals surface area contributed by atoms with E-state index in [2.05, 4.69) is 18.8 Å². The summed E-state index contributed by atoms with van der Waals surface area (Å²) < 4.78 is 0. The van der Waals surface area contributed by atoms with E-state index in [0.29, 0.717) is 0 Å². The van der Waals surface area contributed by atoms with Crippen molar-refractivity contribution in [3.8, 4) is 0 Å². The van der Waals surface area contributed by atoms with Gasteiger partial charge < -0.3 is 5.32 Å². The minimum atomic E-state index is 0.0401. The maximum absolute atomic E-state index is 10.5. The molecule has 70 valence electrons. The fourth-order valence-corrected chi connectivity index (χ4v) is 0.967. The van der Waals surface area contributed by atoms with Crippen molar-refractivity contribution >= 4 is 5.91 Å². The van der Waals surface area contributed by atoms with Crippen molar-refractivity contribution in [3.63, 3.8) is 0 Å². The lowest BCUT2D eigenvalue weighted by Crippen LogP contribution is -2.21. The second-order valence-electron chi connectivity index (χ2n) is 3.09. The Labute approximate surface area is 75.0 Å². The highest BCUT2D eigenvalue weighted by Gasteiger charge is 1.94. The molecule has 0 aromatic rings. The molecular weight excluding hydrogens is 150 g/mol. The Morgan fingerprint density at radius 2 is 2.08 bits per heavy atom. The van der Waals surface area contributed by atoms with Crippen molar-refractivity contribution in [2.45, 2.75) is 39.5 Å². The van der Waals surface area contributed by atoms with E-state index in [9.17, 15) is 4.79 Å². The van der Waals surface area contributed by atoms with Crippen LogP contribution in [0.1, 0.15) is 39.5 Å². The minimum Gasteiger partial charge on any atom is -0.356 e. The molecule has 0 aromatic carbocycles. The topological polar surface area (TPSA) is 29.1 Å². The van der Waals surface area contributed by atoms with Crippen molar-refractivity contribution in [3.05, 3.63) is 12.2 Å². The fraction of sp³-hybridized carbons (Fsp3) is 0.700. The molecule has 0 aliphatic heterocycles. The van der Waals surface area contributed by atoms with Gasteiger partial charge in [-0.05, 0) is 19.3 Å². The molecule has 1 amide bonds. The minimum absolute atomic E-state index is 0.0401. The van der Waals surface area contributed by atoms with Gasteiger partial charge >= 0.3 is 0 Å². The molecule has 0 rings (SSSR count). The van der Waals surface area contributed by atoms with Gasteiger partial charge in [-0.15, -0.1) is 0 Å². The Bertz CT molecular complexity index is 152. The summed E-state index contributed by atoms with van der Waals surface area (Å²) in [6, 6.07) is 0. The van der Waals surface area contributed by atoms with Gasteiger partial charge in [0, 0.05) is 13.5 Å². The molecule has 0 spiro atoms. The van der Waals surface area contributed by atoms with E-state index in [4.69, 9.17) is 0 Å². The zero-order valence-corrected chi connectivity index (χ0v) is 8.15. The van der Waals surface area contributed by atoms with Gasteiger partial charge in [-0.3, -0.25) is 4.79 Å². The predicted octanol–water partition coefficient (Wildman–Crippen LogP) is 2.26. The zero-order valence-electron chi connectivity index (χ0n) is 8.15. The summed E-state index contributed by atoms with van der Waals surface area (Å²) in [5.41, 5.74) is 1.24. The first-order chi connectivity index (χ1) is 5.66. The van der Waals surface area contributed by atoms with E-state index in [1.807, 2.05) is 0 Å². The summed E-state index contributed by atoms with van der Waals surface area (Å²) >= 11 is 0. The van der Waals surface area contributed by atoms with Gasteiger partial charge in [0.25, 0.3) is 0 Å². The third kappa shape index (κ3) is 7.32. The molecule has 0 unspecified atom stereocenters. The summed E-state index contributed by atoms with van der Waals surface area (Å²) in [6.07, 6.45) is 4.42. The average Bonchev–Trinajstić information content (AvgIpc) is 2.00. The predicted molar refractivity (Wildman–Crippen MR) is 52.0 cm³/mol. The molecule has 0 aliphatic rings. The molecule has 1 N–H and O–H groups in total. The Morgan fingerprint density at radius 3 is 2.58 bits per heavy atom. The van der Waals surface area contributed by atoms with Crippen LogP contribution in [0.4, 0.5) is 0 Å². The van der Waals surface area contributed by atoms with Crippen LogP contribution < -0.4 is 5.32 Å². The maximum Gasteiger partial charge on any atom is 0.216 e. The maximum atomic E-state index is 10.5. The first-order valence-corrected chi connectivity index (χ1v) is 4.58. The van der Waals surface area contributed by atoms with Gasteiger partial charge in [0.15, 0.2) is 0 Å². The number of carbonyl (C=O) groups excluding carboxylic acids is 1. The normalized spacial score (nSPS) is 9.50. The van der Waals surface area contributed by atoms with Crippen molar-refractivity contribution in [2.24, 2.45) is 0 Å². The van der Waals surface area contributed by atoms with Gasteiger partial charge in [-0.25, -0.2) is 0 Å². The first-order valence-electron chi connectivity index (χ1n) is 4.58. The van der Waals surface area contributed by atoms with E-state index < -0.39 is 0 Å². The number of rotatable bonds is 6. The van der Waals surface area contributed by atoms with Crippen molar-refractivity contribution in [1.82, 2.24) is 5.32 Å². The molecule has 0 bridgehead atoms. The molecule has 0 saturated carbocycles. The van der Waals surface area contributed by atoms with Crippen molar-refractivity contribution in [2.75, 3.05) is 6.54 Å². The van der Waals surface area contributed by atoms with Crippen molar-refractivity contribution in [1.29, 1.82) is 0 Å². The quantitative estimate of drug-likeness (QED) is 0.607. The Morgan fingerprint density at radius 1 is 1.42 bits per heavy atom. The summed E-state index contributed by atoms with van der Waals surface area (Å²) in [5, 5.41) is 2.75. The third-order valence-corrected chi connectivity index (χ3v) is 1.74. The highest BCUT2D eigenvalue weighted by Crippen LogP contribution is 2.07. The lowest BCUT2D eigenvalue weighted by Gasteiger charge is -2.04. The van der Waals surface area contributed by atoms with E-state index >= 15 is 0 Å². The van der Waals surface area contributed by atoms with Crippen LogP contribution in [0.5, 0.6) is 0 Å². The van der Waals surface area contributed by atoms with Crippen LogP contribution in [0.25, 0.3) is 0 Å². The molecule has 0 heterocycles. The number of hydrogen-bond acceptors (Lipinski definition) is 1. The van der Waals surface area contributed by atoms with Crippen LogP contribution in [0, 0.1) is 0 Å². The Kier molecular flexibility index (Phi) is 6.44. The highest BCUT2D eigenvalue weighted by molar-refractivity contribution is 5.72. The lowest BCUT2D eigenvalue weighted by atomic mass is 10.1. The molecular formula is C10H19NO. The summed E-state index contributed by atoms with van der Waals surface area (Å²) in [7, 11) is 0. The number of unbranched alkanes of at least 4 members (excludes halogenated alkanes) is 1.